The maximum atomic E-state index is 12.7. The van der Waals surface area contributed by atoms with Gasteiger partial charge in [0, 0.05) is 6.54 Å². The zero-order chi connectivity index (χ0) is 13.5. The number of benzene rings is 1. The lowest BCUT2D eigenvalue weighted by Gasteiger charge is -2.50. The lowest BCUT2D eigenvalue weighted by molar-refractivity contribution is -0.122. The Bertz CT molecular complexity index is 503. The van der Waals surface area contributed by atoms with E-state index in [4.69, 9.17) is 0 Å². The van der Waals surface area contributed by atoms with E-state index in [2.05, 4.69) is 30.1 Å². The number of carbonyl (C=O) groups excluding carboxylic acids is 1. The Balaban J connectivity index is 2.13. The minimum atomic E-state index is -0.299. The third-order valence-corrected chi connectivity index (χ3v) is 4.69. The van der Waals surface area contributed by atoms with E-state index in [1.807, 2.05) is 12.1 Å². The molecule has 2 aliphatic rings. The molecule has 0 bridgehead atoms. The molecule has 1 heterocycles. The Morgan fingerprint density at radius 1 is 1.26 bits per heavy atom. The number of rotatable bonds is 1. The van der Waals surface area contributed by atoms with Gasteiger partial charge in [0.05, 0.1) is 11.4 Å². The van der Waals surface area contributed by atoms with Crippen molar-refractivity contribution in [1.29, 1.82) is 0 Å². The lowest BCUT2D eigenvalue weighted by Crippen LogP contribution is -2.61. The van der Waals surface area contributed by atoms with Crippen LogP contribution in [0.3, 0.4) is 0 Å². The summed E-state index contributed by atoms with van der Waals surface area (Å²) >= 11 is 0. The highest BCUT2D eigenvalue weighted by Gasteiger charge is 2.47. The fourth-order valence-corrected chi connectivity index (χ4v) is 3.79. The largest absolute Gasteiger partial charge is 0.355 e. The van der Waals surface area contributed by atoms with Crippen molar-refractivity contribution in [2.45, 2.75) is 51.5 Å². The molecule has 1 N–H and O–H groups in total. The predicted molar refractivity (Wildman–Crippen MR) is 78.6 cm³/mol. The Labute approximate surface area is 115 Å². The number of likely N-dealkylation sites (N-methyl/N-ethyl adjacent to an activating group) is 1. The van der Waals surface area contributed by atoms with Gasteiger partial charge in [-0.25, -0.2) is 0 Å². The standard InChI is InChI=1S/C16H22N2O/c1-3-18-14-12(2)8-7-9-13(14)17-15(19)16(18)10-5-4-6-11-16/h7-9H,3-6,10-11H2,1-2H3,(H,17,19). The summed E-state index contributed by atoms with van der Waals surface area (Å²) in [5, 5.41) is 3.14. The molecule has 3 rings (SSSR count). The topological polar surface area (TPSA) is 32.3 Å². The second-order valence-corrected chi connectivity index (χ2v) is 5.76. The van der Waals surface area contributed by atoms with Crippen LogP contribution < -0.4 is 10.2 Å². The molecule has 1 saturated carbocycles. The molecule has 102 valence electrons. The summed E-state index contributed by atoms with van der Waals surface area (Å²) in [5.74, 6) is 0.201. The molecular formula is C16H22N2O. The maximum absolute atomic E-state index is 12.7. The molecule has 1 spiro atoms. The third-order valence-electron chi connectivity index (χ3n) is 4.69. The van der Waals surface area contributed by atoms with Crippen molar-refractivity contribution in [3.8, 4) is 0 Å². The Morgan fingerprint density at radius 3 is 2.68 bits per heavy atom. The minimum Gasteiger partial charge on any atom is -0.355 e. The van der Waals surface area contributed by atoms with Crippen LogP contribution in [0.2, 0.25) is 0 Å². The first-order valence-corrected chi connectivity index (χ1v) is 7.38. The van der Waals surface area contributed by atoms with Crippen LogP contribution >= 0.6 is 0 Å². The van der Waals surface area contributed by atoms with Crippen molar-refractivity contribution in [1.82, 2.24) is 0 Å². The van der Waals surface area contributed by atoms with E-state index in [0.717, 1.165) is 37.9 Å². The van der Waals surface area contributed by atoms with Crippen molar-refractivity contribution in [2.24, 2.45) is 0 Å². The molecule has 3 nitrogen and oxygen atoms in total. The van der Waals surface area contributed by atoms with Crippen molar-refractivity contribution in [3.05, 3.63) is 23.8 Å². The van der Waals surface area contributed by atoms with Crippen molar-refractivity contribution in [3.63, 3.8) is 0 Å². The molecule has 0 radical (unpaired) electrons. The fourth-order valence-electron chi connectivity index (χ4n) is 3.79. The van der Waals surface area contributed by atoms with Gasteiger partial charge in [-0.1, -0.05) is 31.4 Å². The summed E-state index contributed by atoms with van der Waals surface area (Å²) in [5.41, 5.74) is 3.16. The smallest absolute Gasteiger partial charge is 0.250 e. The highest BCUT2D eigenvalue weighted by Crippen LogP contribution is 2.45. The first-order chi connectivity index (χ1) is 9.19. The molecule has 1 amide bonds. The molecule has 1 aliphatic heterocycles. The number of nitrogens with zero attached hydrogens (tertiary/aromatic N) is 1. The third kappa shape index (κ3) is 1.75. The number of hydrogen-bond acceptors (Lipinski definition) is 2. The summed E-state index contributed by atoms with van der Waals surface area (Å²) < 4.78 is 0. The van der Waals surface area contributed by atoms with Crippen molar-refractivity contribution < 1.29 is 4.79 Å². The van der Waals surface area contributed by atoms with Crippen LogP contribution in [0, 0.1) is 6.92 Å². The van der Waals surface area contributed by atoms with E-state index in [0.29, 0.717) is 0 Å². The number of anilines is 2. The highest BCUT2D eigenvalue weighted by atomic mass is 16.2. The average Bonchev–Trinajstić information content (AvgIpc) is 2.42. The van der Waals surface area contributed by atoms with Gasteiger partial charge in [0.15, 0.2) is 0 Å². The molecule has 1 aromatic carbocycles. The van der Waals surface area contributed by atoms with Crippen molar-refractivity contribution in [2.75, 3.05) is 16.8 Å². The van der Waals surface area contributed by atoms with Gasteiger partial charge in [0.25, 0.3) is 0 Å². The molecule has 0 aromatic heterocycles. The number of nitrogens with one attached hydrogen (secondary N) is 1. The molecule has 1 aliphatic carbocycles. The first kappa shape index (κ1) is 12.5. The van der Waals surface area contributed by atoms with Gasteiger partial charge in [-0.2, -0.15) is 0 Å². The maximum Gasteiger partial charge on any atom is 0.250 e. The van der Waals surface area contributed by atoms with E-state index in [1.165, 1.54) is 17.7 Å². The summed E-state index contributed by atoms with van der Waals surface area (Å²) in [6.45, 7) is 5.19. The number of para-hydroxylation sites is 1. The van der Waals surface area contributed by atoms with E-state index >= 15 is 0 Å². The number of fused-ring (bicyclic) bond motifs is 1. The van der Waals surface area contributed by atoms with E-state index in [-0.39, 0.29) is 11.4 Å². The molecule has 19 heavy (non-hydrogen) atoms. The second kappa shape index (κ2) is 4.55. The number of hydrogen-bond donors (Lipinski definition) is 1. The van der Waals surface area contributed by atoms with E-state index < -0.39 is 0 Å². The van der Waals surface area contributed by atoms with Gasteiger partial charge in [-0.15, -0.1) is 0 Å². The van der Waals surface area contributed by atoms with Gasteiger partial charge < -0.3 is 10.2 Å². The van der Waals surface area contributed by atoms with Gasteiger partial charge >= 0.3 is 0 Å². The number of amides is 1. The monoisotopic (exact) mass is 258 g/mol. The molecule has 3 heteroatoms. The van der Waals surface area contributed by atoms with Gasteiger partial charge in [-0.3, -0.25) is 4.79 Å². The van der Waals surface area contributed by atoms with Crippen LogP contribution in [-0.2, 0) is 4.79 Å². The van der Waals surface area contributed by atoms with Crippen LogP contribution in [0.15, 0.2) is 18.2 Å². The summed E-state index contributed by atoms with van der Waals surface area (Å²) in [6, 6.07) is 6.16. The minimum absolute atomic E-state index is 0.201. The van der Waals surface area contributed by atoms with Crippen LogP contribution in [0.4, 0.5) is 11.4 Å². The molecule has 0 saturated heterocycles. The number of carbonyl (C=O) groups is 1. The summed E-state index contributed by atoms with van der Waals surface area (Å²) in [4.78, 5) is 15.0. The molecular weight excluding hydrogens is 236 g/mol. The zero-order valence-corrected chi connectivity index (χ0v) is 11.8. The van der Waals surface area contributed by atoms with Gasteiger partial charge in [0.1, 0.15) is 5.54 Å². The Morgan fingerprint density at radius 2 is 2.00 bits per heavy atom. The molecule has 0 atom stereocenters. The average molecular weight is 258 g/mol. The van der Waals surface area contributed by atoms with Gasteiger partial charge in [-0.05, 0) is 38.3 Å². The van der Waals surface area contributed by atoms with Crippen LogP contribution in [0.5, 0.6) is 0 Å². The highest BCUT2D eigenvalue weighted by molar-refractivity contribution is 6.07. The SMILES string of the molecule is CCN1c2c(C)cccc2NC(=O)C12CCCCC2. The predicted octanol–water partition coefficient (Wildman–Crippen LogP) is 3.48. The summed E-state index contributed by atoms with van der Waals surface area (Å²) in [7, 11) is 0. The quantitative estimate of drug-likeness (QED) is 0.836. The van der Waals surface area contributed by atoms with Crippen molar-refractivity contribution >= 4 is 17.3 Å². The van der Waals surface area contributed by atoms with E-state index in [1.54, 1.807) is 0 Å². The first-order valence-electron chi connectivity index (χ1n) is 7.38. The van der Waals surface area contributed by atoms with Crippen LogP contribution in [0.25, 0.3) is 0 Å². The number of aryl methyl sites for hydroxylation is 1. The molecule has 1 fully saturated rings. The van der Waals surface area contributed by atoms with Crippen LogP contribution in [0.1, 0.15) is 44.6 Å². The zero-order valence-electron chi connectivity index (χ0n) is 11.8. The molecule has 0 unspecified atom stereocenters. The van der Waals surface area contributed by atoms with Crippen LogP contribution in [-0.4, -0.2) is 18.0 Å². The molecule has 1 aromatic rings. The normalized spacial score (nSPS) is 21.2. The van der Waals surface area contributed by atoms with Gasteiger partial charge in [0.2, 0.25) is 5.91 Å². The lowest BCUT2D eigenvalue weighted by atomic mass is 9.77. The second-order valence-electron chi connectivity index (χ2n) is 5.76. The summed E-state index contributed by atoms with van der Waals surface area (Å²) in [6.07, 6.45) is 5.55. The Hall–Kier alpha value is -1.51. The Kier molecular flexibility index (Phi) is 3.00. The van der Waals surface area contributed by atoms with E-state index in [9.17, 15) is 4.79 Å². The fraction of sp³-hybridized carbons (Fsp3) is 0.562.